The van der Waals surface area contributed by atoms with Crippen LogP contribution in [0.15, 0.2) is 54.6 Å². The zero-order chi connectivity index (χ0) is 18.0. The number of hydrogen-bond acceptors (Lipinski definition) is 3. The van der Waals surface area contributed by atoms with E-state index in [1.807, 2.05) is 0 Å². The van der Waals surface area contributed by atoms with E-state index in [0.717, 1.165) is 0 Å². The molecule has 3 N–H and O–H groups in total. The molecule has 3 aromatic rings. The number of carbonyl (C=O) groups is 2. The largest absolute Gasteiger partial charge is 0.507 e. The first-order valence-electron chi connectivity index (χ1n) is 7.24. The number of amides is 2. The molecule has 0 radical (unpaired) electrons. The van der Waals surface area contributed by atoms with E-state index in [9.17, 15) is 14.7 Å². The summed E-state index contributed by atoms with van der Waals surface area (Å²) in [6.07, 6.45) is 0. The molecule has 0 aliphatic rings. The number of fused-ring (bicyclic) bond motifs is 1. The Morgan fingerprint density at radius 2 is 1.48 bits per heavy atom. The van der Waals surface area contributed by atoms with Crippen LogP contribution in [0, 0.1) is 0 Å². The number of rotatable bonds is 2. The molecule has 3 rings (SSSR count). The van der Waals surface area contributed by atoms with Crippen LogP contribution < -0.4 is 10.6 Å². The van der Waals surface area contributed by atoms with Gasteiger partial charge in [0.2, 0.25) is 0 Å². The third-order valence-corrected chi connectivity index (χ3v) is 4.27. The summed E-state index contributed by atoms with van der Waals surface area (Å²) in [6.45, 7) is 0. The van der Waals surface area contributed by atoms with Crippen LogP contribution in [0.1, 0.15) is 0 Å². The molecule has 0 saturated carbocycles. The molecule has 0 atom stereocenters. The summed E-state index contributed by atoms with van der Waals surface area (Å²) in [4.78, 5) is 24.2. The molecule has 0 saturated heterocycles. The van der Waals surface area contributed by atoms with E-state index in [4.69, 9.17) is 23.2 Å². The average Bonchev–Trinajstić information content (AvgIpc) is 2.59. The topological polar surface area (TPSA) is 78.4 Å². The number of phenolic OH excluding ortho intramolecular Hbond substituents is 1. The van der Waals surface area contributed by atoms with Gasteiger partial charge in [0.1, 0.15) is 5.75 Å². The fourth-order valence-corrected chi connectivity index (χ4v) is 2.64. The predicted octanol–water partition coefficient (Wildman–Crippen LogP) is 4.43. The quantitative estimate of drug-likeness (QED) is 0.580. The Balaban J connectivity index is 1.79. The summed E-state index contributed by atoms with van der Waals surface area (Å²) in [5.74, 6) is -1.61. The molecule has 0 spiro atoms. The highest BCUT2D eigenvalue weighted by molar-refractivity contribution is 6.45. The Bertz CT molecular complexity index is 989. The Hall–Kier alpha value is -2.76. The van der Waals surface area contributed by atoms with Gasteiger partial charge < -0.3 is 15.7 Å². The molecular formula is C18H12Cl2N2O3. The number of phenols is 1. The van der Waals surface area contributed by atoms with Gasteiger partial charge in [-0.3, -0.25) is 9.59 Å². The minimum Gasteiger partial charge on any atom is -0.507 e. The standard InChI is InChI=1S/C18H12Cl2N2O3/c19-13-8-7-10(9-14(13)20)21-17(24)18(25)22-15-5-1-4-12-11(15)3-2-6-16(12)23/h1-9,23H,(H,21,24)(H,22,25). The average molecular weight is 375 g/mol. The summed E-state index contributed by atoms with van der Waals surface area (Å²) in [6, 6.07) is 14.5. The molecule has 5 nitrogen and oxygen atoms in total. The zero-order valence-electron chi connectivity index (χ0n) is 12.7. The molecule has 25 heavy (non-hydrogen) atoms. The van der Waals surface area contributed by atoms with Crippen molar-refractivity contribution in [2.75, 3.05) is 10.6 Å². The molecule has 0 unspecified atom stereocenters. The van der Waals surface area contributed by atoms with Crippen molar-refractivity contribution in [2.24, 2.45) is 0 Å². The van der Waals surface area contributed by atoms with Crippen molar-refractivity contribution in [1.82, 2.24) is 0 Å². The molecule has 0 bridgehead atoms. The first-order chi connectivity index (χ1) is 12.0. The number of benzene rings is 3. The van der Waals surface area contributed by atoms with Crippen molar-refractivity contribution >= 4 is 57.2 Å². The molecule has 0 aliphatic carbocycles. The normalized spacial score (nSPS) is 10.5. The fraction of sp³-hybridized carbons (Fsp3) is 0. The molecule has 126 valence electrons. The highest BCUT2D eigenvalue weighted by Crippen LogP contribution is 2.30. The second-order valence-corrected chi connectivity index (χ2v) is 6.03. The van der Waals surface area contributed by atoms with Gasteiger partial charge in [-0.2, -0.15) is 0 Å². The van der Waals surface area contributed by atoms with E-state index >= 15 is 0 Å². The van der Waals surface area contributed by atoms with Gasteiger partial charge in [0.15, 0.2) is 0 Å². The van der Waals surface area contributed by atoms with Crippen LogP contribution in [0.4, 0.5) is 11.4 Å². The Morgan fingerprint density at radius 3 is 2.24 bits per heavy atom. The summed E-state index contributed by atoms with van der Waals surface area (Å²) < 4.78 is 0. The predicted molar refractivity (Wildman–Crippen MR) is 99.3 cm³/mol. The zero-order valence-corrected chi connectivity index (χ0v) is 14.2. The molecule has 0 aromatic heterocycles. The van der Waals surface area contributed by atoms with Crippen molar-refractivity contribution in [3.05, 3.63) is 64.6 Å². The highest BCUT2D eigenvalue weighted by atomic mass is 35.5. The molecular weight excluding hydrogens is 363 g/mol. The number of aromatic hydroxyl groups is 1. The third-order valence-electron chi connectivity index (χ3n) is 3.53. The smallest absolute Gasteiger partial charge is 0.314 e. The van der Waals surface area contributed by atoms with E-state index in [1.54, 1.807) is 36.4 Å². The second kappa shape index (κ2) is 7.01. The Labute approximate surface area is 153 Å². The lowest BCUT2D eigenvalue weighted by Gasteiger charge is -2.10. The maximum absolute atomic E-state index is 12.2. The Kier molecular flexibility index (Phi) is 4.79. The van der Waals surface area contributed by atoms with Gasteiger partial charge in [-0.1, -0.05) is 47.5 Å². The van der Waals surface area contributed by atoms with E-state index < -0.39 is 11.8 Å². The minimum absolute atomic E-state index is 0.0915. The second-order valence-electron chi connectivity index (χ2n) is 5.21. The van der Waals surface area contributed by atoms with Crippen LogP contribution in [0.2, 0.25) is 10.0 Å². The van der Waals surface area contributed by atoms with Crippen LogP contribution in [0.25, 0.3) is 10.8 Å². The summed E-state index contributed by atoms with van der Waals surface area (Å²) >= 11 is 11.7. The maximum atomic E-state index is 12.2. The monoisotopic (exact) mass is 374 g/mol. The molecule has 3 aromatic carbocycles. The van der Waals surface area contributed by atoms with E-state index in [-0.39, 0.29) is 10.8 Å². The van der Waals surface area contributed by atoms with Gasteiger partial charge in [0.05, 0.1) is 10.0 Å². The van der Waals surface area contributed by atoms with E-state index in [1.165, 1.54) is 18.2 Å². The molecule has 2 amide bonds. The summed E-state index contributed by atoms with van der Waals surface area (Å²) in [5.41, 5.74) is 0.771. The van der Waals surface area contributed by atoms with Gasteiger partial charge in [0, 0.05) is 22.1 Å². The van der Waals surface area contributed by atoms with Gasteiger partial charge >= 0.3 is 11.8 Å². The van der Waals surface area contributed by atoms with Crippen LogP contribution >= 0.6 is 23.2 Å². The van der Waals surface area contributed by atoms with Crippen LogP contribution in [0.3, 0.4) is 0 Å². The van der Waals surface area contributed by atoms with Crippen molar-refractivity contribution in [3.8, 4) is 5.75 Å². The number of carbonyl (C=O) groups excluding carboxylic acids is 2. The number of anilines is 2. The minimum atomic E-state index is -0.851. The SMILES string of the molecule is O=C(Nc1ccc(Cl)c(Cl)c1)C(=O)Nc1cccc2c(O)cccc12. The lowest BCUT2D eigenvalue weighted by Crippen LogP contribution is -2.29. The maximum Gasteiger partial charge on any atom is 0.314 e. The molecule has 0 fully saturated rings. The van der Waals surface area contributed by atoms with Gasteiger partial charge in [-0.25, -0.2) is 0 Å². The van der Waals surface area contributed by atoms with E-state index in [0.29, 0.717) is 27.2 Å². The van der Waals surface area contributed by atoms with Crippen LogP contribution in [0.5, 0.6) is 5.75 Å². The van der Waals surface area contributed by atoms with Crippen LogP contribution in [-0.4, -0.2) is 16.9 Å². The van der Waals surface area contributed by atoms with Gasteiger partial charge in [0.25, 0.3) is 0 Å². The lowest BCUT2D eigenvalue weighted by molar-refractivity contribution is -0.132. The fourth-order valence-electron chi connectivity index (χ4n) is 2.34. The summed E-state index contributed by atoms with van der Waals surface area (Å²) in [5, 5.41) is 16.7. The van der Waals surface area contributed by atoms with Crippen LogP contribution in [-0.2, 0) is 9.59 Å². The summed E-state index contributed by atoms with van der Waals surface area (Å²) in [7, 11) is 0. The third kappa shape index (κ3) is 3.68. The molecule has 0 aliphatic heterocycles. The number of halogens is 2. The van der Waals surface area contributed by atoms with Crippen molar-refractivity contribution in [2.45, 2.75) is 0 Å². The van der Waals surface area contributed by atoms with Crippen molar-refractivity contribution in [1.29, 1.82) is 0 Å². The number of hydrogen-bond donors (Lipinski definition) is 3. The Morgan fingerprint density at radius 1 is 0.800 bits per heavy atom. The van der Waals surface area contributed by atoms with E-state index in [2.05, 4.69) is 10.6 Å². The van der Waals surface area contributed by atoms with Crippen molar-refractivity contribution < 1.29 is 14.7 Å². The first kappa shape index (κ1) is 17.1. The van der Waals surface area contributed by atoms with Gasteiger partial charge in [-0.05, 0) is 30.3 Å². The highest BCUT2D eigenvalue weighted by Gasteiger charge is 2.16. The molecule has 0 heterocycles. The lowest BCUT2D eigenvalue weighted by atomic mass is 10.1. The van der Waals surface area contributed by atoms with Crippen molar-refractivity contribution in [3.63, 3.8) is 0 Å². The number of nitrogens with one attached hydrogen (secondary N) is 2. The van der Waals surface area contributed by atoms with Gasteiger partial charge in [-0.15, -0.1) is 0 Å². The molecule has 7 heteroatoms. The first-order valence-corrected chi connectivity index (χ1v) is 7.99.